The quantitative estimate of drug-likeness (QED) is 0.782. The Morgan fingerprint density at radius 2 is 2.04 bits per heavy atom. The third-order valence-corrected chi connectivity index (χ3v) is 6.05. The van der Waals surface area contributed by atoms with Gasteiger partial charge in [-0.15, -0.1) is 0 Å². The summed E-state index contributed by atoms with van der Waals surface area (Å²) in [6.07, 6.45) is 2.62. The second-order valence-corrected chi connectivity index (χ2v) is 8.07. The highest BCUT2D eigenvalue weighted by Gasteiger charge is 2.42. The van der Waals surface area contributed by atoms with Gasteiger partial charge in [-0.2, -0.15) is 0 Å². The van der Waals surface area contributed by atoms with Gasteiger partial charge in [0.1, 0.15) is 5.75 Å². The van der Waals surface area contributed by atoms with Crippen LogP contribution in [-0.4, -0.2) is 42.8 Å². The van der Waals surface area contributed by atoms with Gasteiger partial charge in [0, 0.05) is 25.9 Å². The summed E-state index contributed by atoms with van der Waals surface area (Å²) in [4.78, 5) is 37.7. The Kier molecular flexibility index (Phi) is 5.75. The molecule has 2 saturated heterocycles. The van der Waals surface area contributed by atoms with Crippen LogP contribution in [0, 0.1) is 5.41 Å². The van der Waals surface area contributed by atoms with Crippen molar-refractivity contribution in [3.63, 3.8) is 0 Å². The number of rotatable bonds is 5. The number of imide groups is 1. The molecular formula is C20H25ClN2O4. The fourth-order valence-corrected chi connectivity index (χ4v) is 4.09. The molecule has 0 aliphatic carbocycles. The summed E-state index contributed by atoms with van der Waals surface area (Å²) in [5.74, 6) is 0.571. The first kappa shape index (κ1) is 19.7. The number of nitrogens with one attached hydrogen (secondary N) is 1. The van der Waals surface area contributed by atoms with E-state index >= 15 is 0 Å². The van der Waals surface area contributed by atoms with Crippen LogP contribution in [0.4, 0.5) is 0 Å². The van der Waals surface area contributed by atoms with E-state index in [1.54, 1.807) is 14.0 Å². The minimum absolute atomic E-state index is 0.0514. The second-order valence-electron chi connectivity index (χ2n) is 7.66. The third-order valence-electron chi connectivity index (χ3n) is 5.74. The number of amides is 3. The summed E-state index contributed by atoms with van der Waals surface area (Å²) in [7, 11) is 1.60. The molecule has 146 valence electrons. The van der Waals surface area contributed by atoms with E-state index in [9.17, 15) is 14.4 Å². The first-order valence-electron chi connectivity index (χ1n) is 9.28. The molecule has 0 saturated carbocycles. The van der Waals surface area contributed by atoms with E-state index in [0.29, 0.717) is 36.2 Å². The van der Waals surface area contributed by atoms with Gasteiger partial charge in [-0.05, 0) is 42.9 Å². The minimum Gasteiger partial charge on any atom is -0.495 e. The first-order valence-corrected chi connectivity index (χ1v) is 9.66. The molecule has 0 unspecified atom stereocenters. The average Bonchev–Trinajstić information content (AvgIpc) is 2.92. The molecule has 6 nitrogen and oxygen atoms in total. The topological polar surface area (TPSA) is 75.7 Å². The van der Waals surface area contributed by atoms with E-state index < -0.39 is 5.41 Å². The van der Waals surface area contributed by atoms with E-state index in [0.717, 1.165) is 12.8 Å². The van der Waals surface area contributed by atoms with Crippen molar-refractivity contribution in [1.29, 1.82) is 0 Å². The van der Waals surface area contributed by atoms with Gasteiger partial charge in [0.2, 0.25) is 17.7 Å². The third kappa shape index (κ3) is 4.26. The van der Waals surface area contributed by atoms with Gasteiger partial charge >= 0.3 is 0 Å². The monoisotopic (exact) mass is 392 g/mol. The van der Waals surface area contributed by atoms with Crippen LogP contribution < -0.4 is 10.1 Å². The van der Waals surface area contributed by atoms with Gasteiger partial charge in [-0.1, -0.05) is 24.6 Å². The molecule has 2 aliphatic rings. The molecule has 3 amide bonds. The number of ether oxygens (including phenoxy) is 1. The molecule has 7 heteroatoms. The largest absolute Gasteiger partial charge is 0.495 e. The Morgan fingerprint density at radius 3 is 2.63 bits per heavy atom. The van der Waals surface area contributed by atoms with Crippen LogP contribution in [0.2, 0.25) is 5.02 Å². The number of piperidine rings is 1. The summed E-state index contributed by atoms with van der Waals surface area (Å²) >= 11 is 6.09. The van der Waals surface area contributed by atoms with Crippen molar-refractivity contribution in [1.82, 2.24) is 10.2 Å². The second kappa shape index (κ2) is 7.89. The van der Waals surface area contributed by atoms with Crippen LogP contribution >= 0.6 is 11.6 Å². The summed E-state index contributed by atoms with van der Waals surface area (Å²) in [6.45, 7) is 3.13. The molecular weight excluding hydrogens is 368 g/mol. The van der Waals surface area contributed by atoms with Gasteiger partial charge in [-0.3, -0.25) is 19.7 Å². The maximum Gasteiger partial charge on any atom is 0.233 e. The Hall–Kier alpha value is -2.08. The smallest absolute Gasteiger partial charge is 0.233 e. The van der Waals surface area contributed by atoms with E-state index in [4.69, 9.17) is 16.3 Å². The van der Waals surface area contributed by atoms with Gasteiger partial charge in [-0.25, -0.2) is 0 Å². The number of halogens is 1. The lowest BCUT2D eigenvalue weighted by Gasteiger charge is -2.33. The number of likely N-dealkylation sites (tertiary alicyclic amines) is 1. The molecule has 1 N–H and O–H groups in total. The molecule has 0 bridgehead atoms. The van der Waals surface area contributed by atoms with E-state index in [2.05, 4.69) is 5.32 Å². The number of methoxy groups -OCH3 is 1. The van der Waals surface area contributed by atoms with Gasteiger partial charge < -0.3 is 9.64 Å². The number of nitrogens with zero attached hydrogens (tertiary/aromatic N) is 1. The Bertz CT molecular complexity index is 758. The van der Waals surface area contributed by atoms with E-state index in [1.165, 1.54) is 5.56 Å². The van der Waals surface area contributed by atoms with Crippen molar-refractivity contribution in [2.24, 2.45) is 5.41 Å². The highest BCUT2D eigenvalue weighted by Crippen LogP contribution is 2.35. The van der Waals surface area contributed by atoms with Crippen molar-refractivity contribution in [3.05, 3.63) is 28.8 Å². The van der Waals surface area contributed by atoms with Crippen LogP contribution in [0.5, 0.6) is 5.75 Å². The Labute approximate surface area is 164 Å². The molecule has 0 spiro atoms. The van der Waals surface area contributed by atoms with Crippen LogP contribution in [-0.2, 0) is 14.4 Å². The fraction of sp³-hybridized carbons (Fsp3) is 0.550. The number of hydrogen-bond acceptors (Lipinski definition) is 4. The van der Waals surface area contributed by atoms with Crippen molar-refractivity contribution >= 4 is 29.3 Å². The number of carbonyl (C=O) groups is 3. The molecule has 2 fully saturated rings. The predicted octanol–water partition coefficient (Wildman–Crippen LogP) is 2.89. The summed E-state index contributed by atoms with van der Waals surface area (Å²) in [5, 5.41) is 2.92. The van der Waals surface area contributed by atoms with E-state index in [-0.39, 0.29) is 30.6 Å². The SMILES string of the molecule is COc1cc(C2CCN(C(=O)CC[C@@]3(C)CC(=O)NC3=O)CC2)ccc1Cl. The van der Waals surface area contributed by atoms with Crippen molar-refractivity contribution in [3.8, 4) is 5.75 Å². The molecule has 0 aromatic heterocycles. The molecule has 1 aromatic carbocycles. The lowest BCUT2D eigenvalue weighted by Crippen LogP contribution is -2.39. The molecule has 2 aliphatic heterocycles. The zero-order chi connectivity index (χ0) is 19.6. The van der Waals surface area contributed by atoms with Crippen molar-refractivity contribution in [2.45, 2.75) is 44.9 Å². The molecule has 1 atom stereocenters. The van der Waals surface area contributed by atoms with Crippen LogP contribution in [0.15, 0.2) is 18.2 Å². The zero-order valence-corrected chi connectivity index (χ0v) is 16.5. The summed E-state index contributed by atoms with van der Waals surface area (Å²) in [6, 6.07) is 5.84. The number of carbonyl (C=O) groups excluding carboxylic acids is 3. The molecule has 3 rings (SSSR count). The van der Waals surface area contributed by atoms with Gasteiger partial charge in [0.25, 0.3) is 0 Å². The molecule has 0 radical (unpaired) electrons. The fourth-order valence-electron chi connectivity index (χ4n) is 3.89. The lowest BCUT2D eigenvalue weighted by molar-refractivity contribution is -0.133. The minimum atomic E-state index is -0.759. The summed E-state index contributed by atoms with van der Waals surface area (Å²) < 4.78 is 5.29. The first-order chi connectivity index (χ1) is 12.8. The van der Waals surface area contributed by atoms with Crippen molar-refractivity contribution in [2.75, 3.05) is 20.2 Å². The highest BCUT2D eigenvalue weighted by molar-refractivity contribution is 6.32. The Balaban J connectivity index is 1.52. The lowest BCUT2D eigenvalue weighted by atomic mass is 9.83. The predicted molar refractivity (Wildman–Crippen MR) is 102 cm³/mol. The average molecular weight is 393 g/mol. The number of hydrogen-bond donors (Lipinski definition) is 1. The van der Waals surface area contributed by atoms with Crippen LogP contribution in [0.1, 0.15) is 50.5 Å². The Morgan fingerprint density at radius 1 is 1.33 bits per heavy atom. The van der Waals surface area contributed by atoms with Gasteiger partial charge in [0.05, 0.1) is 17.5 Å². The van der Waals surface area contributed by atoms with Crippen LogP contribution in [0.25, 0.3) is 0 Å². The number of benzene rings is 1. The maximum absolute atomic E-state index is 12.5. The standard InChI is InChI=1S/C20H25ClN2O4/c1-20(12-17(24)22-19(20)26)8-5-18(25)23-9-6-13(7-10-23)14-3-4-15(21)16(11-14)27-2/h3-4,11,13H,5-10,12H2,1-2H3,(H,22,24,26)/t20-/m0/s1. The van der Waals surface area contributed by atoms with Gasteiger partial charge in [0.15, 0.2) is 0 Å². The maximum atomic E-state index is 12.5. The highest BCUT2D eigenvalue weighted by atomic mass is 35.5. The van der Waals surface area contributed by atoms with Crippen molar-refractivity contribution < 1.29 is 19.1 Å². The summed E-state index contributed by atoms with van der Waals surface area (Å²) in [5.41, 5.74) is 0.419. The normalized spacial score (nSPS) is 23.4. The molecule has 2 heterocycles. The molecule has 1 aromatic rings. The zero-order valence-electron chi connectivity index (χ0n) is 15.7. The molecule has 27 heavy (non-hydrogen) atoms. The van der Waals surface area contributed by atoms with E-state index in [1.807, 2.05) is 23.1 Å². The van der Waals surface area contributed by atoms with Crippen LogP contribution in [0.3, 0.4) is 0 Å².